The van der Waals surface area contributed by atoms with Crippen molar-refractivity contribution in [2.75, 3.05) is 5.32 Å². The molecule has 2 aromatic carbocycles. The van der Waals surface area contributed by atoms with E-state index in [2.05, 4.69) is 21.2 Å². The molecule has 0 saturated carbocycles. The lowest BCUT2D eigenvalue weighted by Gasteiger charge is -2.19. The van der Waals surface area contributed by atoms with Crippen molar-refractivity contribution in [1.29, 1.82) is 0 Å². The Morgan fingerprint density at radius 2 is 1.95 bits per heavy atom. The number of rotatable bonds is 4. The summed E-state index contributed by atoms with van der Waals surface area (Å²) in [6, 6.07) is 13.1. The van der Waals surface area contributed by atoms with Gasteiger partial charge in [0.25, 0.3) is 0 Å². The van der Waals surface area contributed by atoms with Gasteiger partial charge in [-0.3, -0.25) is 4.79 Å². The van der Waals surface area contributed by atoms with Crippen molar-refractivity contribution in [3.63, 3.8) is 0 Å². The van der Waals surface area contributed by atoms with E-state index in [1.165, 1.54) is 0 Å². The van der Waals surface area contributed by atoms with Crippen molar-refractivity contribution >= 4 is 27.5 Å². The Hall–Kier alpha value is -1.81. The number of benzene rings is 2. The molecular weight excluding hydrogens is 316 g/mol. The minimum Gasteiger partial charge on any atom is -0.370 e. The second kappa shape index (κ2) is 6.09. The summed E-state index contributed by atoms with van der Waals surface area (Å²) in [6.07, 6.45) is 0. The molecule has 0 aliphatic rings. The van der Waals surface area contributed by atoms with Crippen LogP contribution in [0.25, 0.3) is 0 Å². The second-order valence-electron chi connectivity index (χ2n) is 4.85. The van der Waals surface area contributed by atoms with Crippen LogP contribution >= 0.6 is 15.9 Å². The number of primary amides is 1. The lowest BCUT2D eigenvalue weighted by Crippen LogP contribution is -2.28. The van der Waals surface area contributed by atoms with Crippen LogP contribution in [0, 0.1) is 13.8 Å². The smallest absolute Gasteiger partial charge is 0.244 e. The van der Waals surface area contributed by atoms with Crippen LogP contribution in [0.5, 0.6) is 0 Å². The lowest BCUT2D eigenvalue weighted by atomic mass is 9.98. The quantitative estimate of drug-likeness (QED) is 0.896. The van der Waals surface area contributed by atoms with Gasteiger partial charge in [0.05, 0.1) is 0 Å². The molecule has 0 fully saturated rings. The molecule has 3 N–H and O–H groups in total. The summed E-state index contributed by atoms with van der Waals surface area (Å²) < 4.78 is 0.950. The molecule has 0 aliphatic heterocycles. The average molecular weight is 333 g/mol. The van der Waals surface area contributed by atoms with Crippen LogP contribution in [0.15, 0.2) is 46.9 Å². The Labute approximate surface area is 127 Å². The van der Waals surface area contributed by atoms with Crippen LogP contribution in [0.4, 0.5) is 5.69 Å². The molecule has 3 nitrogen and oxygen atoms in total. The number of amides is 1. The van der Waals surface area contributed by atoms with E-state index in [0.717, 1.165) is 26.9 Å². The summed E-state index contributed by atoms with van der Waals surface area (Å²) in [7, 11) is 0. The van der Waals surface area contributed by atoms with Gasteiger partial charge >= 0.3 is 0 Å². The maximum atomic E-state index is 11.8. The zero-order valence-electron chi connectivity index (χ0n) is 11.5. The molecule has 1 atom stereocenters. The molecule has 1 unspecified atom stereocenters. The number of hydrogen-bond donors (Lipinski definition) is 2. The highest BCUT2D eigenvalue weighted by Gasteiger charge is 2.19. The summed E-state index contributed by atoms with van der Waals surface area (Å²) in [5.74, 6) is -0.392. The van der Waals surface area contributed by atoms with E-state index < -0.39 is 11.9 Å². The highest BCUT2D eigenvalue weighted by molar-refractivity contribution is 9.10. The third-order valence-corrected chi connectivity index (χ3v) is 3.65. The zero-order valence-corrected chi connectivity index (χ0v) is 13.1. The Morgan fingerprint density at radius 1 is 1.20 bits per heavy atom. The van der Waals surface area contributed by atoms with Crippen LogP contribution in [-0.4, -0.2) is 5.91 Å². The molecule has 0 aliphatic carbocycles. The first-order valence-electron chi connectivity index (χ1n) is 6.36. The Balaban J connectivity index is 2.34. The summed E-state index contributed by atoms with van der Waals surface area (Å²) in [5, 5.41) is 3.19. The van der Waals surface area contributed by atoms with E-state index in [1.54, 1.807) is 0 Å². The van der Waals surface area contributed by atoms with Gasteiger partial charge in [0.2, 0.25) is 5.91 Å². The first kappa shape index (κ1) is 14.6. The number of nitrogens with two attached hydrogens (primary N) is 1. The van der Waals surface area contributed by atoms with Crippen LogP contribution < -0.4 is 11.1 Å². The van der Waals surface area contributed by atoms with Gasteiger partial charge in [0, 0.05) is 10.2 Å². The summed E-state index contributed by atoms with van der Waals surface area (Å²) in [6.45, 7) is 4.01. The van der Waals surface area contributed by atoms with Crippen molar-refractivity contribution in [2.24, 2.45) is 5.73 Å². The molecule has 104 valence electrons. The van der Waals surface area contributed by atoms with E-state index in [-0.39, 0.29) is 0 Å². The normalized spacial score (nSPS) is 11.9. The van der Waals surface area contributed by atoms with Crippen molar-refractivity contribution in [2.45, 2.75) is 19.9 Å². The van der Waals surface area contributed by atoms with Gasteiger partial charge in [0.15, 0.2) is 0 Å². The molecule has 0 spiro atoms. The Kier molecular flexibility index (Phi) is 4.45. The van der Waals surface area contributed by atoms with Crippen LogP contribution in [0.1, 0.15) is 22.7 Å². The van der Waals surface area contributed by atoms with Gasteiger partial charge in [-0.05, 0) is 43.2 Å². The molecule has 0 bridgehead atoms. The molecule has 2 aromatic rings. The number of anilines is 1. The Morgan fingerprint density at radius 3 is 2.55 bits per heavy atom. The van der Waals surface area contributed by atoms with E-state index in [4.69, 9.17) is 5.73 Å². The minimum atomic E-state index is -0.537. The lowest BCUT2D eigenvalue weighted by molar-refractivity contribution is -0.118. The van der Waals surface area contributed by atoms with Crippen molar-refractivity contribution in [3.8, 4) is 0 Å². The number of halogens is 1. The molecule has 0 heterocycles. The predicted octanol–water partition coefficient (Wildman–Crippen LogP) is 3.70. The van der Waals surface area contributed by atoms with E-state index in [9.17, 15) is 4.79 Å². The average Bonchev–Trinajstić information content (AvgIpc) is 2.36. The summed E-state index contributed by atoms with van der Waals surface area (Å²) in [5.41, 5.74) is 9.52. The number of carbonyl (C=O) groups is 1. The SMILES string of the molecule is Cc1ccc(C(Nc2cccc(Br)c2)C(N)=O)c(C)c1. The number of hydrogen-bond acceptors (Lipinski definition) is 2. The molecule has 0 radical (unpaired) electrons. The van der Waals surface area contributed by atoms with E-state index in [1.807, 2.05) is 56.3 Å². The van der Waals surface area contributed by atoms with Gasteiger partial charge in [-0.1, -0.05) is 45.8 Å². The summed E-state index contributed by atoms with van der Waals surface area (Å²) >= 11 is 3.41. The fraction of sp³-hybridized carbons (Fsp3) is 0.188. The molecule has 20 heavy (non-hydrogen) atoms. The van der Waals surface area contributed by atoms with Gasteiger partial charge in [0.1, 0.15) is 6.04 Å². The van der Waals surface area contributed by atoms with Gasteiger partial charge in [-0.2, -0.15) is 0 Å². The summed E-state index contributed by atoms with van der Waals surface area (Å²) in [4.78, 5) is 11.8. The minimum absolute atomic E-state index is 0.392. The van der Waals surface area contributed by atoms with Crippen LogP contribution in [0.3, 0.4) is 0 Å². The molecule has 0 aromatic heterocycles. The van der Waals surface area contributed by atoms with E-state index in [0.29, 0.717) is 0 Å². The second-order valence-corrected chi connectivity index (χ2v) is 5.77. The molecule has 1 amide bonds. The molecular formula is C16H17BrN2O. The number of nitrogens with one attached hydrogen (secondary N) is 1. The van der Waals surface area contributed by atoms with Crippen molar-refractivity contribution in [1.82, 2.24) is 0 Å². The maximum absolute atomic E-state index is 11.8. The fourth-order valence-electron chi connectivity index (χ4n) is 2.20. The zero-order chi connectivity index (χ0) is 14.7. The first-order chi connectivity index (χ1) is 9.47. The standard InChI is InChI=1S/C16H17BrN2O/c1-10-6-7-14(11(2)8-10)15(16(18)20)19-13-5-3-4-12(17)9-13/h3-9,15,19H,1-2H3,(H2,18,20). The van der Waals surface area contributed by atoms with Crippen molar-refractivity contribution in [3.05, 3.63) is 63.6 Å². The third-order valence-electron chi connectivity index (χ3n) is 3.16. The highest BCUT2D eigenvalue weighted by Crippen LogP contribution is 2.24. The van der Waals surface area contributed by atoms with Gasteiger partial charge in [-0.25, -0.2) is 0 Å². The third kappa shape index (κ3) is 3.39. The molecule has 4 heteroatoms. The predicted molar refractivity (Wildman–Crippen MR) is 85.6 cm³/mol. The molecule has 0 saturated heterocycles. The van der Waals surface area contributed by atoms with Gasteiger partial charge < -0.3 is 11.1 Å². The van der Waals surface area contributed by atoms with Crippen LogP contribution in [-0.2, 0) is 4.79 Å². The largest absolute Gasteiger partial charge is 0.370 e. The monoisotopic (exact) mass is 332 g/mol. The van der Waals surface area contributed by atoms with Gasteiger partial charge in [-0.15, -0.1) is 0 Å². The van der Waals surface area contributed by atoms with E-state index >= 15 is 0 Å². The Bertz CT molecular complexity index is 640. The fourth-order valence-corrected chi connectivity index (χ4v) is 2.60. The van der Waals surface area contributed by atoms with Crippen LogP contribution in [0.2, 0.25) is 0 Å². The first-order valence-corrected chi connectivity index (χ1v) is 7.15. The molecule has 2 rings (SSSR count). The van der Waals surface area contributed by atoms with Crippen molar-refractivity contribution < 1.29 is 4.79 Å². The number of aryl methyl sites for hydroxylation is 2. The highest BCUT2D eigenvalue weighted by atomic mass is 79.9. The number of carbonyl (C=O) groups excluding carboxylic acids is 1. The topological polar surface area (TPSA) is 55.1 Å². The maximum Gasteiger partial charge on any atom is 0.244 e.